The van der Waals surface area contributed by atoms with E-state index < -0.39 is 0 Å². The van der Waals surface area contributed by atoms with Crippen LogP contribution in [-0.2, 0) is 0 Å². The van der Waals surface area contributed by atoms with Crippen LogP contribution in [0.1, 0.15) is 39.4 Å². The van der Waals surface area contributed by atoms with Gasteiger partial charge in [-0.05, 0) is 36.7 Å². The average molecular weight is 263 g/mol. The molecule has 2 nitrogen and oxygen atoms in total. The molecule has 0 radical (unpaired) electrons. The largest absolute Gasteiger partial charge is 0.461 e. The van der Waals surface area contributed by atoms with Gasteiger partial charge in [-0.3, -0.25) is 0 Å². The second kappa shape index (κ2) is 5.74. The van der Waals surface area contributed by atoms with Crippen LogP contribution in [0.2, 0.25) is 0 Å². The van der Waals surface area contributed by atoms with Crippen LogP contribution in [0.4, 0.5) is 4.39 Å². The van der Waals surface area contributed by atoms with Crippen LogP contribution < -0.4 is 5.32 Å². The molecule has 1 aromatic carbocycles. The molecular weight excluding hydrogens is 241 g/mol. The lowest BCUT2D eigenvalue weighted by atomic mass is 9.93. The summed E-state index contributed by atoms with van der Waals surface area (Å²) < 4.78 is 19.0. The van der Waals surface area contributed by atoms with Crippen LogP contribution in [0.15, 0.2) is 28.7 Å². The lowest BCUT2D eigenvalue weighted by Crippen LogP contribution is -2.29. The molecule has 1 aromatic heterocycles. The molecule has 2 rings (SSSR count). The molecule has 104 valence electrons. The van der Waals surface area contributed by atoms with Gasteiger partial charge < -0.3 is 9.73 Å². The molecule has 0 bridgehead atoms. The van der Waals surface area contributed by atoms with Crippen molar-refractivity contribution >= 4 is 11.0 Å². The molecule has 0 aliphatic heterocycles. The first kappa shape index (κ1) is 14.1. The van der Waals surface area contributed by atoms with E-state index in [1.54, 1.807) is 6.07 Å². The van der Waals surface area contributed by atoms with Crippen LogP contribution in [0.25, 0.3) is 11.0 Å². The normalized spacial score (nSPS) is 15.1. The third-order valence-corrected chi connectivity index (χ3v) is 3.65. The van der Waals surface area contributed by atoms with Gasteiger partial charge in [-0.15, -0.1) is 0 Å². The Morgan fingerprint density at radius 3 is 2.58 bits per heavy atom. The van der Waals surface area contributed by atoms with Gasteiger partial charge in [-0.25, -0.2) is 4.39 Å². The van der Waals surface area contributed by atoms with Gasteiger partial charge in [0, 0.05) is 17.3 Å². The minimum Gasteiger partial charge on any atom is -0.461 e. The maximum absolute atomic E-state index is 13.2. The average Bonchev–Trinajstić information content (AvgIpc) is 2.77. The first-order valence-electron chi connectivity index (χ1n) is 6.89. The summed E-state index contributed by atoms with van der Waals surface area (Å²) in [7, 11) is 0. The van der Waals surface area contributed by atoms with Crippen molar-refractivity contribution in [2.45, 2.75) is 39.7 Å². The number of hydrogen-bond acceptors (Lipinski definition) is 2. The third kappa shape index (κ3) is 3.35. The standard InChI is InChI=1S/C16H22FNO/c1-10(2)18-9-11(3)12(4)16-8-13-7-14(17)5-6-15(13)19-16/h5-8,10-12,18H,9H2,1-4H3. The van der Waals surface area contributed by atoms with Crippen molar-refractivity contribution in [3.63, 3.8) is 0 Å². The highest BCUT2D eigenvalue weighted by molar-refractivity contribution is 5.78. The van der Waals surface area contributed by atoms with Crippen LogP contribution in [0.5, 0.6) is 0 Å². The van der Waals surface area contributed by atoms with Gasteiger partial charge >= 0.3 is 0 Å². The Morgan fingerprint density at radius 2 is 1.89 bits per heavy atom. The van der Waals surface area contributed by atoms with Crippen LogP contribution in [0.3, 0.4) is 0 Å². The minimum absolute atomic E-state index is 0.220. The van der Waals surface area contributed by atoms with Gasteiger partial charge in [-0.1, -0.05) is 27.7 Å². The van der Waals surface area contributed by atoms with Crippen molar-refractivity contribution < 1.29 is 8.81 Å². The number of halogens is 1. The molecule has 0 amide bonds. The van der Waals surface area contributed by atoms with Crippen LogP contribution in [-0.4, -0.2) is 12.6 Å². The molecule has 2 aromatic rings. The lowest BCUT2D eigenvalue weighted by Gasteiger charge is -2.19. The van der Waals surface area contributed by atoms with Gasteiger partial charge in [0.2, 0.25) is 0 Å². The fourth-order valence-electron chi connectivity index (χ4n) is 2.14. The molecule has 0 fully saturated rings. The van der Waals surface area contributed by atoms with E-state index in [1.165, 1.54) is 12.1 Å². The van der Waals surface area contributed by atoms with E-state index in [9.17, 15) is 4.39 Å². The van der Waals surface area contributed by atoms with Gasteiger partial charge in [-0.2, -0.15) is 0 Å². The van der Waals surface area contributed by atoms with Crippen molar-refractivity contribution in [2.24, 2.45) is 5.92 Å². The van der Waals surface area contributed by atoms with E-state index in [-0.39, 0.29) is 5.82 Å². The van der Waals surface area contributed by atoms with E-state index >= 15 is 0 Å². The van der Waals surface area contributed by atoms with Crippen molar-refractivity contribution in [1.29, 1.82) is 0 Å². The highest BCUT2D eigenvalue weighted by Crippen LogP contribution is 2.29. The quantitative estimate of drug-likeness (QED) is 0.869. The smallest absolute Gasteiger partial charge is 0.134 e. The lowest BCUT2D eigenvalue weighted by molar-refractivity contribution is 0.380. The fourth-order valence-corrected chi connectivity index (χ4v) is 2.14. The highest BCUT2D eigenvalue weighted by Gasteiger charge is 2.18. The van der Waals surface area contributed by atoms with E-state index in [0.717, 1.165) is 23.3 Å². The molecule has 0 aliphatic carbocycles. The Labute approximate surface area is 114 Å². The predicted molar refractivity (Wildman–Crippen MR) is 76.9 cm³/mol. The molecule has 19 heavy (non-hydrogen) atoms. The summed E-state index contributed by atoms with van der Waals surface area (Å²) in [6.45, 7) is 9.58. The Kier molecular flexibility index (Phi) is 4.25. The van der Waals surface area contributed by atoms with Crippen molar-refractivity contribution in [3.8, 4) is 0 Å². The van der Waals surface area contributed by atoms with E-state index in [1.807, 2.05) is 6.07 Å². The Balaban J connectivity index is 2.14. The van der Waals surface area contributed by atoms with Gasteiger partial charge in [0.1, 0.15) is 17.2 Å². The summed E-state index contributed by atoms with van der Waals surface area (Å²) in [4.78, 5) is 0. The number of nitrogens with one attached hydrogen (secondary N) is 1. The molecule has 3 heteroatoms. The number of rotatable bonds is 5. The first-order chi connectivity index (χ1) is 8.97. The molecule has 0 saturated heterocycles. The minimum atomic E-state index is -0.220. The molecule has 0 saturated carbocycles. The summed E-state index contributed by atoms with van der Waals surface area (Å²) in [5.41, 5.74) is 0.757. The zero-order chi connectivity index (χ0) is 14.0. The van der Waals surface area contributed by atoms with Crippen LogP contribution >= 0.6 is 0 Å². The maximum atomic E-state index is 13.2. The SMILES string of the molecule is CC(C)NCC(C)C(C)c1cc2cc(F)ccc2o1. The van der Waals surface area contributed by atoms with E-state index in [0.29, 0.717) is 17.9 Å². The summed E-state index contributed by atoms with van der Waals surface area (Å²) in [6, 6.07) is 7.09. The first-order valence-corrected chi connectivity index (χ1v) is 6.89. The van der Waals surface area contributed by atoms with Crippen molar-refractivity contribution in [3.05, 3.63) is 35.8 Å². The number of hydrogen-bond donors (Lipinski definition) is 1. The second-order valence-electron chi connectivity index (χ2n) is 5.66. The summed E-state index contributed by atoms with van der Waals surface area (Å²) in [5, 5.41) is 4.28. The topological polar surface area (TPSA) is 25.2 Å². The molecule has 0 spiro atoms. The Hall–Kier alpha value is -1.35. The highest BCUT2D eigenvalue weighted by atomic mass is 19.1. The maximum Gasteiger partial charge on any atom is 0.134 e. The van der Waals surface area contributed by atoms with Crippen LogP contribution in [0, 0.1) is 11.7 Å². The van der Waals surface area contributed by atoms with Gasteiger partial charge in [0.05, 0.1) is 0 Å². The number of benzene rings is 1. The predicted octanol–water partition coefficient (Wildman–Crippen LogP) is 4.31. The van der Waals surface area contributed by atoms with Gasteiger partial charge in [0.25, 0.3) is 0 Å². The molecule has 2 atom stereocenters. The second-order valence-corrected chi connectivity index (χ2v) is 5.66. The molecular formula is C16H22FNO. The molecule has 1 N–H and O–H groups in total. The molecule has 1 heterocycles. The third-order valence-electron chi connectivity index (χ3n) is 3.65. The summed E-state index contributed by atoms with van der Waals surface area (Å²) in [5.74, 6) is 1.48. The molecule has 2 unspecified atom stereocenters. The number of fused-ring (bicyclic) bond motifs is 1. The van der Waals surface area contributed by atoms with Gasteiger partial charge in [0.15, 0.2) is 0 Å². The van der Waals surface area contributed by atoms with Crippen molar-refractivity contribution in [2.75, 3.05) is 6.54 Å². The fraction of sp³-hybridized carbons (Fsp3) is 0.500. The summed E-state index contributed by atoms with van der Waals surface area (Å²) >= 11 is 0. The Morgan fingerprint density at radius 1 is 1.16 bits per heavy atom. The number of furan rings is 1. The Bertz CT molecular complexity index is 547. The van der Waals surface area contributed by atoms with E-state index in [2.05, 4.69) is 33.0 Å². The van der Waals surface area contributed by atoms with Crippen molar-refractivity contribution in [1.82, 2.24) is 5.32 Å². The zero-order valence-electron chi connectivity index (χ0n) is 12.0. The van der Waals surface area contributed by atoms with E-state index in [4.69, 9.17) is 4.42 Å². The monoisotopic (exact) mass is 263 g/mol. The summed E-state index contributed by atoms with van der Waals surface area (Å²) in [6.07, 6.45) is 0. The molecule has 0 aliphatic rings. The zero-order valence-corrected chi connectivity index (χ0v) is 12.0.